The molecule has 0 aliphatic rings. The van der Waals surface area contributed by atoms with E-state index >= 15 is 0 Å². The van der Waals surface area contributed by atoms with Gasteiger partial charge in [0.2, 0.25) is 0 Å². The summed E-state index contributed by atoms with van der Waals surface area (Å²) in [5, 5.41) is 5.22. The van der Waals surface area contributed by atoms with Crippen molar-refractivity contribution in [3.8, 4) is 5.69 Å². The third kappa shape index (κ3) is 6.32. The van der Waals surface area contributed by atoms with Crippen molar-refractivity contribution < 1.29 is 0 Å². The van der Waals surface area contributed by atoms with Crippen molar-refractivity contribution in [1.29, 1.82) is 0 Å². The molecule has 0 spiro atoms. The van der Waals surface area contributed by atoms with E-state index < -0.39 is 0 Å². The summed E-state index contributed by atoms with van der Waals surface area (Å²) in [5.74, 6) is 0. The molecule has 0 atom stereocenters. The molecule has 2 nitrogen and oxygen atoms in total. The number of hydrogen-bond donors (Lipinski definition) is 1. The molecule has 8 rings (SSSR count). The van der Waals surface area contributed by atoms with Crippen LogP contribution in [0, 0.1) is 10.7 Å². The van der Waals surface area contributed by atoms with Crippen LogP contribution in [-0.4, -0.2) is 9.55 Å². The Balaban J connectivity index is 0.000000123. The van der Waals surface area contributed by atoms with Crippen molar-refractivity contribution in [3.63, 3.8) is 0 Å². The lowest BCUT2D eigenvalue weighted by molar-refractivity contribution is 1.18. The minimum atomic E-state index is 1.21. The summed E-state index contributed by atoms with van der Waals surface area (Å²) in [4.78, 5) is 3.38. The predicted molar refractivity (Wildman–Crippen MR) is 201 cm³/mol. The van der Waals surface area contributed by atoms with Gasteiger partial charge in [-0.25, -0.2) is 0 Å². The Kier molecular flexibility index (Phi) is 8.92. The van der Waals surface area contributed by atoms with Crippen LogP contribution in [0.15, 0.2) is 146 Å². The van der Waals surface area contributed by atoms with Gasteiger partial charge in [0.15, 0.2) is 0 Å². The maximum atomic E-state index is 3.38. The summed E-state index contributed by atoms with van der Waals surface area (Å²) in [6.45, 7) is 0. The van der Waals surface area contributed by atoms with Gasteiger partial charge in [-0.2, -0.15) is 0 Å². The molecule has 0 aliphatic carbocycles. The molecular formula is C36H25I3N2. The highest BCUT2D eigenvalue weighted by atomic mass is 127. The fourth-order valence-corrected chi connectivity index (χ4v) is 6.10. The number of aromatic nitrogens is 2. The number of nitrogens with zero attached hydrogens (tertiary/aromatic N) is 1. The summed E-state index contributed by atoms with van der Waals surface area (Å²) >= 11 is 6.93. The number of nitrogens with one attached hydrogen (secondary N) is 1. The molecule has 0 radical (unpaired) electrons. The van der Waals surface area contributed by atoms with Gasteiger partial charge in [-0.05, 0) is 141 Å². The van der Waals surface area contributed by atoms with E-state index in [1.54, 1.807) is 0 Å². The summed E-state index contributed by atoms with van der Waals surface area (Å²) in [6, 6.07) is 51.0. The minimum absolute atomic E-state index is 1.21. The van der Waals surface area contributed by atoms with Crippen LogP contribution in [0.4, 0.5) is 0 Å². The molecular weight excluding hydrogens is 841 g/mol. The highest BCUT2D eigenvalue weighted by Gasteiger charge is 2.10. The van der Waals surface area contributed by atoms with E-state index in [1.807, 2.05) is 0 Å². The van der Waals surface area contributed by atoms with E-state index in [9.17, 15) is 0 Å². The summed E-state index contributed by atoms with van der Waals surface area (Å²) < 4.78 is 6.18. The average molecular weight is 866 g/mol. The summed E-state index contributed by atoms with van der Waals surface area (Å²) in [6.07, 6.45) is 0. The van der Waals surface area contributed by atoms with Crippen LogP contribution in [-0.2, 0) is 0 Å². The second-order valence-electron chi connectivity index (χ2n) is 9.50. The number of halogens is 3. The van der Waals surface area contributed by atoms with Crippen molar-refractivity contribution >= 4 is 111 Å². The van der Waals surface area contributed by atoms with E-state index in [0.717, 1.165) is 0 Å². The Morgan fingerprint density at radius 1 is 0.366 bits per heavy atom. The predicted octanol–water partition coefficient (Wildman–Crippen LogP) is 11.6. The smallest absolute Gasteiger partial charge is 0.0541 e. The number of hydrogen-bond acceptors (Lipinski definition) is 0. The van der Waals surface area contributed by atoms with Gasteiger partial charge in [0.05, 0.1) is 11.0 Å². The van der Waals surface area contributed by atoms with Crippen LogP contribution >= 0.6 is 67.8 Å². The van der Waals surface area contributed by atoms with E-state index in [4.69, 9.17) is 0 Å². The number of para-hydroxylation sites is 4. The number of rotatable bonds is 1. The van der Waals surface area contributed by atoms with Gasteiger partial charge in [0, 0.05) is 49.0 Å². The number of benzene rings is 6. The first-order valence-corrected chi connectivity index (χ1v) is 16.4. The van der Waals surface area contributed by atoms with Crippen LogP contribution in [0.25, 0.3) is 49.3 Å². The molecule has 0 saturated heterocycles. The zero-order valence-corrected chi connectivity index (χ0v) is 28.4. The fourth-order valence-electron chi connectivity index (χ4n) is 5.02. The molecule has 0 fully saturated rings. The van der Waals surface area contributed by atoms with E-state index in [2.05, 4.69) is 223 Å². The van der Waals surface area contributed by atoms with E-state index in [-0.39, 0.29) is 0 Å². The van der Waals surface area contributed by atoms with Crippen LogP contribution in [0.1, 0.15) is 0 Å². The zero-order chi connectivity index (χ0) is 28.2. The first-order valence-electron chi connectivity index (χ1n) is 13.2. The quantitative estimate of drug-likeness (QED) is 0.159. The number of H-pyrrole nitrogens is 1. The highest BCUT2D eigenvalue weighted by molar-refractivity contribution is 14.1. The first-order chi connectivity index (χ1) is 20.1. The number of fused-ring (bicyclic) bond motifs is 6. The second-order valence-corrected chi connectivity index (χ2v) is 13.2. The topological polar surface area (TPSA) is 20.7 Å². The van der Waals surface area contributed by atoms with Crippen molar-refractivity contribution in [2.24, 2.45) is 0 Å². The monoisotopic (exact) mass is 866 g/mol. The van der Waals surface area contributed by atoms with Crippen molar-refractivity contribution in [2.75, 3.05) is 0 Å². The van der Waals surface area contributed by atoms with Crippen molar-refractivity contribution in [1.82, 2.24) is 9.55 Å². The molecule has 0 amide bonds. The van der Waals surface area contributed by atoms with Gasteiger partial charge in [0.1, 0.15) is 0 Å². The van der Waals surface area contributed by atoms with Crippen LogP contribution in [0.3, 0.4) is 0 Å². The largest absolute Gasteiger partial charge is 0.355 e. The fraction of sp³-hybridized carbons (Fsp3) is 0. The molecule has 0 saturated carbocycles. The van der Waals surface area contributed by atoms with Crippen molar-refractivity contribution in [3.05, 3.63) is 156 Å². The summed E-state index contributed by atoms with van der Waals surface area (Å²) in [7, 11) is 0. The van der Waals surface area contributed by atoms with Crippen LogP contribution < -0.4 is 0 Å². The Labute approximate surface area is 280 Å². The van der Waals surface area contributed by atoms with E-state index in [0.29, 0.717) is 0 Å². The van der Waals surface area contributed by atoms with Crippen LogP contribution in [0.5, 0.6) is 0 Å². The zero-order valence-electron chi connectivity index (χ0n) is 21.9. The maximum absolute atomic E-state index is 3.38. The highest BCUT2D eigenvalue weighted by Crippen LogP contribution is 2.31. The van der Waals surface area contributed by atoms with E-state index in [1.165, 1.54) is 60.0 Å². The third-order valence-corrected chi connectivity index (χ3v) is 9.04. The lowest BCUT2D eigenvalue weighted by Crippen LogP contribution is -1.93. The van der Waals surface area contributed by atoms with Gasteiger partial charge in [0.25, 0.3) is 0 Å². The maximum Gasteiger partial charge on any atom is 0.0541 e. The molecule has 5 heteroatoms. The molecule has 1 N–H and O–H groups in total. The molecule has 0 bridgehead atoms. The molecule has 6 aromatic carbocycles. The molecule has 2 heterocycles. The minimum Gasteiger partial charge on any atom is -0.355 e. The lowest BCUT2D eigenvalue weighted by atomic mass is 10.2. The van der Waals surface area contributed by atoms with Crippen LogP contribution in [0.2, 0.25) is 0 Å². The van der Waals surface area contributed by atoms with Gasteiger partial charge in [-0.1, -0.05) is 72.8 Å². The van der Waals surface area contributed by atoms with Gasteiger partial charge in [-0.15, -0.1) is 0 Å². The molecule has 200 valence electrons. The Morgan fingerprint density at radius 3 is 1.15 bits per heavy atom. The first kappa shape index (κ1) is 28.2. The molecule has 0 aliphatic heterocycles. The Bertz CT molecular complexity index is 1950. The molecule has 0 unspecified atom stereocenters. The Morgan fingerprint density at radius 2 is 0.707 bits per heavy atom. The standard InChI is InChI=1S/C18H12IN.C12H9N.C6H4I2/c19-13-9-11-14(12-10-13)20-17-7-3-1-5-15(17)16-6-2-4-8-18(16)20;1-3-7-11-9(5-1)10-6-2-4-8-12(10)13-11;7-5-1-2-6(8)4-3-5/h1-12H;1-8,13H;1-4H. The lowest BCUT2D eigenvalue weighted by Gasteiger charge is -2.07. The molecule has 8 aromatic rings. The Hall–Kier alpha value is -2.89. The van der Waals surface area contributed by atoms with Gasteiger partial charge < -0.3 is 9.55 Å². The SMILES string of the molecule is Ic1ccc(-n2c3ccccc3c3ccccc32)cc1.Ic1ccc(I)cc1.c1ccc2c(c1)[nH]c1ccccc12. The second kappa shape index (κ2) is 13.0. The third-order valence-electron chi connectivity index (χ3n) is 6.88. The summed E-state index contributed by atoms with van der Waals surface area (Å²) in [5.41, 5.74) is 6.15. The van der Waals surface area contributed by atoms with Crippen molar-refractivity contribution in [2.45, 2.75) is 0 Å². The van der Waals surface area contributed by atoms with Gasteiger partial charge in [-0.3, -0.25) is 0 Å². The normalized spacial score (nSPS) is 10.8. The number of aromatic amines is 1. The van der Waals surface area contributed by atoms with Gasteiger partial charge >= 0.3 is 0 Å². The molecule has 41 heavy (non-hydrogen) atoms. The molecule has 2 aromatic heterocycles. The average Bonchev–Trinajstić information content (AvgIpc) is 3.56.